The third kappa shape index (κ3) is 5.46. The van der Waals surface area contributed by atoms with Crippen molar-refractivity contribution in [3.63, 3.8) is 0 Å². The molecule has 1 aromatic heterocycles. The Morgan fingerprint density at radius 1 is 1.35 bits per heavy atom. The molecule has 1 aromatic carbocycles. The number of ketones is 1. The summed E-state index contributed by atoms with van der Waals surface area (Å²) in [6.45, 7) is 4.83. The first kappa shape index (κ1) is 23.6. The molecule has 31 heavy (non-hydrogen) atoms. The van der Waals surface area contributed by atoms with E-state index in [-0.39, 0.29) is 40.8 Å². The fourth-order valence-electron chi connectivity index (χ4n) is 2.98. The van der Waals surface area contributed by atoms with Crippen LogP contribution in [0, 0.1) is 28.4 Å². The second-order valence-corrected chi connectivity index (χ2v) is 6.98. The van der Waals surface area contributed by atoms with Crippen molar-refractivity contribution in [1.29, 1.82) is 5.26 Å². The number of nitro groups is 1. The van der Waals surface area contributed by atoms with Crippen LogP contribution in [0.25, 0.3) is 0 Å². The molecule has 1 heterocycles. The minimum absolute atomic E-state index is 0.00524. The molecular weight excluding hydrogens is 406 g/mol. The number of carbonyl (C=O) groups excluding carboxylic acids is 1. The highest BCUT2D eigenvalue weighted by molar-refractivity contribution is 6.01. The molecule has 0 unspecified atom stereocenters. The van der Waals surface area contributed by atoms with E-state index in [0.29, 0.717) is 13.0 Å². The lowest BCUT2D eigenvalue weighted by Crippen LogP contribution is -2.28. The van der Waals surface area contributed by atoms with E-state index in [9.17, 15) is 30.1 Å². The molecule has 0 aliphatic rings. The lowest BCUT2D eigenvalue weighted by Gasteiger charge is -2.16. The van der Waals surface area contributed by atoms with Gasteiger partial charge in [-0.3, -0.25) is 24.3 Å². The van der Waals surface area contributed by atoms with Gasteiger partial charge in [-0.05, 0) is 38.8 Å². The zero-order valence-corrected chi connectivity index (χ0v) is 17.5. The van der Waals surface area contributed by atoms with Crippen LogP contribution in [-0.2, 0) is 11.3 Å². The van der Waals surface area contributed by atoms with Crippen molar-refractivity contribution in [3.8, 4) is 17.7 Å². The molecule has 0 radical (unpaired) electrons. The van der Waals surface area contributed by atoms with E-state index in [1.54, 1.807) is 6.07 Å². The summed E-state index contributed by atoms with van der Waals surface area (Å²) in [7, 11) is 0. The molecule has 0 aliphatic carbocycles. The summed E-state index contributed by atoms with van der Waals surface area (Å²) >= 11 is 0. The molecule has 2 rings (SSSR count). The Labute approximate surface area is 178 Å². The third-order valence-corrected chi connectivity index (χ3v) is 4.48. The molecule has 0 atom stereocenters. The Bertz CT molecular complexity index is 1080. The van der Waals surface area contributed by atoms with Crippen molar-refractivity contribution in [2.75, 3.05) is 13.2 Å². The third-order valence-electron chi connectivity index (χ3n) is 4.48. The number of nitrogens with zero attached hydrogens (tertiary/aromatic N) is 3. The topological polar surface area (TPSA) is 145 Å². The van der Waals surface area contributed by atoms with Crippen LogP contribution in [0.4, 0.5) is 5.69 Å². The van der Waals surface area contributed by atoms with Gasteiger partial charge in [0.1, 0.15) is 11.6 Å². The van der Waals surface area contributed by atoms with E-state index in [0.717, 1.165) is 4.57 Å². The molecule has 0 bridgehead atoms. The Kier molecular flexibility index (Phi) is 7.88. The van der Waals surface area contributed by atoms with Gasteiger partial charge < -0.3 is 14.6 Å². The fraction of sp³-hybridized carbons (Fsp3) is 0.381. The maximum absolute atomic E-state index is 12.8. The summed E-state index contributed by atoms with van der Waals surface area (Å²) < 4.78 is 11.7. The van der Waals surface area contributed by atoms with E-state index >= 15 is 0 Å². The van der Waals surface area contributed by atoms with Crippen LogP contribution in [0.15, 0.2) is 29.1 Å². The minimum atomic E-state index is -0.725. The van der Waals surface area contributed by atoms with Gasteiger partial charge in [0.15, 0.2) is 12.4 Å². The van der Waals surface area contributed by atoms with E-state index in [1.807, 2.05) is 13.8 Å². The summed E-state index contributed by atoms with van der Waals surface area (Å²) in [4.78, 5) is 35.8. The quantitative estimate of drug-likeness (QED) is 0.263. The number of aromatic nitrogens is 1. The van der Waals surface area contributed by atoms with Gasteiger partial charge in [0, 0.05) is 19.2 Å². The van der Waals surface area contributed by atoms with Gasteiger partial charge in [0.05, 0.1) is 16.6 Å². The number of hydrogen-bond acceptors (Lipinski definition) is 8. The Balaban J connectivity index is 2.33. The molecule has 10 nitrogen and oxygen atoms in total. The normalized spacial score (nSPS) is 10.7. The Hall–Kier alpha value is -3.71. The van der Waals surface area contributed by atoms with Crippen LogP contribution in [0.1, 0.15) is 41.8 Å². The highest BCUT2D eigenvalue weighted by Crippen LogP contribution is 2.27. The van der Waals surface area contributed by atoms with Crippen LogP contribution in [0.5, 0.6) is 11.6 Å². The first-order valence-corrected chi connectivity index (χ1v) is 9.56. The van der Waals surface area contributed by atoms with Crippen molar-refractivity contribution in [2.24, 2.45) is 0 Å². The predicted octanol–water partition coefficient (Wildman–Crippen LogP) is 2.72. The SMILES string of the molecule is Cc1c(C(=O)COc2ccccc2[N+](=O)[O-])c(O)n(CCCOC(C)C)c(=O)c1C#N. The number of para-hydroxylation sites is 2. The van der Waals surface area contributed by atoms with Gasteiger partial charge >= 0.3 is 5.69 Å². The average Bonchev–Trinajstić information content (AvgIpc) is 2.71. The Morgan fingerprint density at radius 3 is 2.65 bits per heavy atom. The molecule has 0 saturated heterocycles. The first-order chi connectivity index (χ1) is 14.7. The first-order valence-electron chi connectivity index (χ1n) is 9.56. The summed E-state index contributed by atoms with van der Waals surface area (Å²) in [6.07, 6.45) is 0.370. The van der Waals surface area contributed by atoms with Gasteiger partial charge in [-0.25, -0.2) is 0 Å². The number of ether oxygens (including phenoxy) is 2. The molecule has 2 aromatic rings. The molecular formula is C21H23N3O7. The van der Waals surface area contributed by atoms with Crippen LogP contribution >= 0.6 is 0 Å². The van der Waals surface area contributed by atoms with Crippen LogP contribution in [0.2, 0.25) is 0 Å². The lowest BCUT2D eigenvalue weighted by molar-refractivity contribution is -0.385. The summed E-state index contributed by atoms with van der Waals surface area (Å²) in [6, 6.07) is 7.32. The highest BCUT2D eigenvalue weighted by Gasteiger charge is 2.25. The molecule has 1 N–H and O–H groups in total. The van der Waals surface area contributed by atoms with Gasteiger partial charge in [-0.15, -0.1) is 0 Å². The van der Waals surface area contributed by atoms with E-state index in [1.165, 1.54) is 31.2 Å². The van der Waals surface area contributed by atoms with Crippen molar-refractivity contribution < 1.29 is 24.3 Å². The highest BCUT2D eigenvalue weighted by atomic mass is 16.6. The van der Waals surface area contributed by atoms with Crippen molar-refractivity contribution >= 4 is 11.5 Å². The number of carbonyl (C=O) groups is 1. The molecule has 10 heteroatoms. The lowest BCUT2D eigenvalue weighted by atomic mass is 10.0. The monoisotopic (exact) mass is 429 g/mol. The molecule has 164 valence electrons. The van der Waals surface area contributed by atoms with Crippen LogP contribution < -0.4 is 10.3 Å². The zero-order valence-electron chi connectivity index (χ0n) is 17.5. The van der Waals surface area contributed by atoms with Crippen LogP contribution in [0.3, 0.4) is 0 Å². The van der Waals surface area contributed by atoms with E-state index < -0.39 is 28.8 Å². The summed E-state index contributed by atoms with van der Waals surface area (Å²) in [5, 5.41) is 31.1. The molecule has 0 saturated carbocycles. The number of benzene rings is 1. The molecule has 0 amide bonds. The smallest absolute Gasteiger partial charge is 0.310 e. The van der Waals surface area contributed by atoms with Gasteiger partial charge in [-0.1, -0.05) is 12.1 Å². The molecule has 0 fully saturated rings. The number of hydrogen-bond donors (Lipinski definition) is 1. The number of Topliss-reactive ketones (excluding diaryl/α,β-unsaturated/α-hetero) is 1. The number of pyridine rings is 1. The molecule has 0 aliphatic heterocycles. The van der Waals surface area contributed by atoms with Crippen molar-refractivity contribution in [1.82, 2.24) is 4.57 Å². The van der Waals surface area contributed by atoms with E-state index in [4.69, 9.17) is 9.47 Å². The zero-order chi connectivity index (χ0) is 23.1. The Morgan fingerprint density at radius 2 is 2.03 bits per heavy atom. The second-order valence-electron chi connectivity index (χ2n) is 6.98. The number of rotatable bonds is 10. The second kappa shape index (κ2) is 10.4. The summed E-state index contributed by atoms with van der Waals surface area (Å²) in [5.74, 6) is -1.42. The van der Waals surface area contributed by atoms with Gasteiger partial charge in [0.2, 0.25) is 11.7 Å². The average molecular weight is 429 g/mol. The fourth-order valence-corrected chi connectivity index (χ4v) is 2.98. The molecule has 0 spiro atoms. The predicted molar refractivity (Wildman–Crippen MR) is 110 cm³/mol. The maximum atomic E-state index is 12.8. The number of aromatic hydroxyl groups is 1. The van der Waals surface area contributed by atoms with Gasteiger partial charge in [-0.2, -0.15) is 5.26 Å². The minimum Gasteiger partial charge on any atom is -0.494 e. The largest absolute Gasteiger partial charge is 0.494 e. The van der Waals surface area contributed by atoms with Gasteiger partial charge in [0.25, 0.3) is 5.56 Å². The maximum Gasteiger partial charge on any atom is 0.310 e. The number of nitriles is 1. The van der Waals surface area contributed by atoms with Crippen molar-refractivity contribution in [3.05, 3.63) is 61.4 Å². The summed E-state index contributed by atoms with van der Waals surface area (Å²) in [5.41, 5.74) is -1.51. The van der Waals surface area contributed by atoms with Crippen molar-refractivity contribution in [2.45, 2.75) is 39.8 Å². The van der Waals surface area contributed by atoms with Crippen LogP contribution in [-0.4, -0.2) is 39.7 Å². The number of nitro benzene ring substituents is 1. The van der Waals surface area contributed by atoms with E-state index in [2.05, 4.69) is 0 Å². The standard InChI is InChI=1S/C21H23N3O7/c1-13(2)30-10-6-9-23-20(26)15(11-22)14(3)19(21(23)27)17(25)12-31-18-8-5-4-7-16(18)24(28)29/h4-5,7-8,13,27H,6,9-10,12H2,1-3H3.